The van der Waals surface area contributed by atoms with Crippen molar-refractivity contribution in [2.45, 2.75) is 12.2 Å². The van der Waals surface area contributed by atoms with Crippen LogP contribution >= 0.6 is 0 Å². The molecule has 2 unspecified atom stereocenters. The summed E-state index contributed by atoms with van der Waals surface area (Å²) in [5.41, 5.74) is 5.77. The minimum absolute atomic E-state index is 0.155. The fourth-order valence-corrected chi connectivity index (χ4v) is 0.987. The van der Waals surface area contributed by atoms with Crippen LogP contribution in [0.4, 0.5) is 5.82 Å². The molecule has 5 heteroatoms. The van der Waals surface area contributed by atoms with Crippen LogP contribution in [-0.4, -0.2) is 33.0 Å². The molecule has 5 N–H and O–H groups in total. The lowest BCUT2D eigenvalue weighted by atomic mass is 10.1. The molecule has 0 bridgehead atoms. The van der Waals surface area contributed by atoms with E-state index in [-0.39, 0.29) is 5.82 Å². The van der Waals surface area contributed by atoms with E-state index in [2.05, 4.69) is 4.98 Å². The second-order valence-electron chi connectivity index (χ2n) is 2.67. The predicted molar refractivity (Wildman–Crippen MR) is 46.7 cm³/mol. The third-order valence-electron chi connectivity index (χ3n) is 1.74. The molecule has 0 aromatic carbocycles. The largest absolute Gasteiger partial charge is 0.394 e. The molecule has 0 radical (unpaired) electrons. The Bertz CT molecular complexity index is 280. The first kappa shape index (κ1) is 9.91. The molecular formula is C8H12N2O3. The Labute approximate surface area is 75.5 Å². The van der Waals surface area contributed by atoms with E-state index in [1.807, 2.05) is 0 Å². The Morgan fingerprint density at radius 1 is 1.46 bits per heavy atom. The van der Waals surface area contributed by atoms with Crippen LogP contribution < -0.4 is 5.73 Å². The number of pyridine rings is 1. The molecule has 13 heavy (non-hydrogen) atoms. The van der Waals surface area contributed by atoms with Gasteiger partial charge in [0, 0.05) is 11.8 Å². The molecule has 0 fully saturated rings. The number of aromatic nitrogens is 1. The van der Waals surface area contributed by atoms with E-state index in [0.717, 1.165) is 0 Å². The molecule has 0 aliphatic rings. The fraction of sp³-hybridized carbons (Fsp3) is 0.375. The van der Waals surface area contributed by atoms with Crippen LogP contribution in [0.3, 0.4) is 0 Å². The first-order chi connectivity index (χ1) is 6.16. The molecule has 1 aromatic rings. The van der Waals surface area contributed by atoms with Gasteiger partial charge in [-0.05, 0) is 6.07 Å². The Morgan fingerprint density at radius 2 is 2.15 bits per heavy atom. The van der Waals surface area contributed by atoms with Crippen molar-refractivity contribution in [1.82, 2.24) is 4.98 Å². The van der Waals surface area contributed by atoms with Crippen LogP contribution in [0.1, 0.15) is 11.7 Å². The maximum Gasteiger partial charge on any atom is 0.129 e. The molecule has 2 atom stereocenters. The van der Waals surface area contributed by atoms with Gasteiger partial charge in [0.1, 0.15) is 18.0 Å². The SMILES string of the molecule is Nc1ncccc1C(O)C(O)CO. The summed E-state index contributed by atoms with van der Waals surface area (Å²) in [5, 5.41) is 27.1. The molecule has 0 amide bonds. The lowest BCUT2D eigenvalue weighted by molar-refractivity contribution is -0.0150. The van der Waals surface area contributed by atoms with Crippen molar-refractivity contribution in [3.63, 3.8) is 0 Å². The van der Waals surface area contributed by atoms with Crippen molar-refractivity contribution in [2.75, 3.05) is 12.3 Å². The van der Waals surface area contributed by atoms with Gasteiger partial charge in [0.2, 0.25) is 0 Å². The number of hydrogen-bond acceptors (Lipinski definition) is 5. The first-order valence-corrected chi connectivity index (χ1v) is 3.84. The van der Waals surface area contributed by atoms with Crippen molar-refractivity contribution >= 4 is 5.82 Å². The quantitative estimate of drug-likeness (QED) is 0.485. The molecule has 0 aliphatic carbocycles. The zero-order valence-corrected chi connectivity index (χ0v) is 6.96. The lowest BCUT2D eigenvalue weighted by Crippen LogP contribution is -2.23. The average molecular weight is 184 g/mol. The minimum Gasteiger partial charge on any atom is -0.394 e. The van der Waals surface area contributed by atoms with Crippen molar-refractivity contribution in [3.8, 4) is 0 Å². The molecular weight excluding hydrogens is 172 g/mol. The van der Waals surface area contributed by atoms with E-state index in [0.29, 0.717) is 5.56 Å². The number of anilines is 1. The summed E-state index contributed by atoms with van der Waals surface area (Å²) in [6.45, 7) is -0.518. The van der Waals surface area contributed by atoms with Gasteiger partial charge >= 0.3 is 0 Å². The highest BCUT2D eigenvalue weighted by Crippen LogP contribution is 2.20. The molecule has 0 aliphatic heterocycles. The van der Waals surface area contributed by atoms with Crippen molar-refractivity contribution < 1.29 is 15.3 Å². The summed E-state index contributed by atoms with van der Waals surface area (Å²) in [5.74, 6) is 0.155. The summed E-state index contributed by atoms with van der Waals surface area (Å²) in [4.78, 5) is 3.74. The van der Waals surface area contributed by atoms with Gasteiger partial charge in [-0.2, -0.15) is 0 Å². The molecule has 1 rings (SSSR count). The topological polar surface area (TPSA) is 99.6 Å². The number of nitrogens with two attached hydrogens (primary N) is 1. The van der Waals surface area contributed by atoms with Gasteiger partial charge in [0.15, 0.2) is 0 Å². The number of nitrogens with zero attached hydrogens (tertiary/aromatic N) is 1. The van der Waals surface area contributed by atoms with Crippen LogP contribution in [0.15, 0.2) is 18.3 Å². The molecule has 0 spiro atoms. The van der Waals surface area contributed by atoms with Crippen molar-refractivity contribution in [2.24, 2.45) is 0 Å². The Kier molecular flexibility index (Phi) is 3.18. The lowest BCUT2D eigenvalue weighted by Gasteiger charge is -2.16. The van der Waals surface area contributed by atoms with Crippen LogP contribution in [-0.2, 0) is 0 Å². The number of hydrogen-bond donors (Lipinski definition) is 4. The Morgan fingerprint density at radius 3 is 2.69 bits per heavy atom. The summed E-state index contributed by atoms with van der Waals surface area (Å²) in [6, 6.07) is 3.14. The zero-order valence-electron chi connectivity index (χ0n) is 6.96. The summed E-state index contributed by atoms with van der Waals surface area (Å²) in [7, 11) is 0. The van der Waals surface area contributed by atoms with Crippen LogP contribution in [0.5, 0.6) is 0 Å². The van der Waals surface area contributed by atoms with E-state index < -0.39 is 18.8 Å². The van der Waals surface area contributed by atoms with Crippen molar-refractivity contribution in [3.05, 3.63) is 23.9 Å². The maximum absolute atomic E-state index is 9.44. The van der Waals surface area contributed by atoms with Crippen LogP contribution in [0.25, 0.3) is 0 Å². The van der Waals surface area contributed by atoms with Crippen LogP contribution in [0.2, 0.25) is 0 Å². The second-order valence-corrected chi connectivity index (χ2v) is 2.67. The third kappa shape index (κ3) is 2.15. The summed E-state index contributed by atoms with van der Waals surface area (Å²) >= 11 is 0. The zero-order chi connectivity index (χ0) is 9.84. The van der Waals surface area contributed by atoms with Gasteiger partial charge < -0.3 is 21.1 Å². The number of nitrogen functional groups attached to an aromatic ring is 1. The highest BCUT2D eigenvalue weighted by molar-refractivity contribution is 5.40. The van der Waals surface area contributed by atoms with Gasteiger partial charge in [-0.15, -0.1) is 0 Å². The summed E-state index contributed by atoms with van der Waals surface area (Å²) < 4.78 is 0. The van der Waals surface area contributed by atoms with E-state index in [4.69, 9.17) is 15.9 Å². The highest BCUT2D eigenvalue weighted by atomic mass is 16.4. The van der Waals surface area contributed by atoms with Gasteiger partial charge in [-0.25, -0.2) is 4.98 Å². The highest BCUT2D eigenvalue weighted by Gasteiger charge is 2.19. The van der Waals surface area contributed by atoms with Gasteiger partial charge in [0.05, 0.1) is 6.61 Å². The summed E-state index contributed by atoms with van der Waals surface area (Å²) in [6.07, 6.45) is -0.943. The maximum atomic E-state index is 9.44. The number of aliphatic hydroxyl groups is 3. The van der Waals surface area contributed by atoms with E-state index in [9.17, 15) is 5.11 Å². The molecule has 0 saturated heterocycles. The molecule has 5 nitrogen and oxygen atoms in total. The predicted octanol–water partition coefficient (Wildman–Crippen LogP) is -0.950. The second kappa shape index (κ2) is 4.18. The molecule has 1 aromatic heterocycles. The monoisotopic (exact) mass is 184 g/mol. The van der Waals surface area contributed by atoms with Gasteiger partial charge in [-0.3, -0.25) is 0 Å². The van der Waals surface area contributed by atoms with Gasteiger partial charge in [-0.1, -0.05) is 6.07 Å². The molecule has 0 saturated carbocycles. The number of aliphatic hydroxyl groups excluding tert-OH is 3. The first-order valence-electron chi connectivity index (χ1n) is 3.84. The third-order valence-corrected chi connectivity index (χ3v) is 1.74. The Hall–Kier alpha value is -1.17. The fourth-order valence-electron chi connectivity index (χ4n) is 0.987. The average Bonchev–Trinajstić information content (AvgIpc) is 2.16. The van der Waals surface area contributed by atoms with Crippen LogP contribution in [0, 0.1) is 0 Å². The minimum atomic E-state index is -1.23. The van der Waals surface area contributed by atoms with E-state index in [1.54, 1.807) is 12.1 Å². The van der Waals surface area contributed by atoms with E-state index >= 15 is 0 Å². The normalized spacial score (nSPS) is 15.3. The van der Waals surface area contributed by atoms with Gasteiger partial charge in [0.25, 0.3) is 0 Å². The number of rotatable bonds is 3. The molecule has 1 heterocycles. The Balaban J connectivity index is 2.88. The standard InChI is InChI=1S/C8H12N2O3/c9-8-5(2-1-3-10-8)7(13)6(12)4-11/h1-3,6-7,11-13H,4H2,(H2,9,10). The van der Waals surface area contributed by atoms with E-state index in [1.165, 1.54) is 6.20 Å². The van der Waals surface area contributed by atoms with Crippen molar-refractivity contribution in [1.29, 1.82) is 0 Å². The smallest absolute Gasteiger partial charge is 0.129 e. The molecule has 72 valence electrons.